The van der Waals surface area contributed by atoms with Gasteiger partial charge in [0, 0.05) is 5.38 Å². The number of alkyl halides is 1. The standard InChI is InChI=1S/C18H16ClO3/c1-13(19)12-16(20)22-18(21)17(14-8-4-2-5-9-14)15-10-6-3-7-11-15/h2-13,17H,1H3. The molecular weight excluding hydrogens is 300 g/mol. The van der Waals surface area contributed by atoms with Crippen molar-refractivity contribution in [2.45, 2.75) is 18.2 Å². The van der Waals surface area contributed by atoms with Crippen LogP contribution in [0.25, 0.3) is 0 Å². The molecule has 2 aromatic carbocycles. The van der Waals surface area contributed by atoms with Crippen molar-refractivity contribution in [3.05, 3.63) is 78.2 Å². The van der Waals surface area contributed by atoms with E-state index in [2.05, 4.69) is 0 Å². The zero-order chi connectivity index (χ0) is 15.9. The van der Waals surface area contributed by atoms with E-state index < -0.39 is 23.2 Å². The quantitative estimate of drug-likeness (QED) is 0.480. The Balaban J connectivity index is 2.26. The zero-order valence-corrected chi connectivity index (χ0v) is 12.9. The van der Waals surface area contributed by atoms with Crippen molar-refractivity contribution in [2.75, 3.05) is 0 Å². The Morgan fingerprint density at radius 3 is 1.82 bits per heavy atom. The fourth-order valence-corrected chi connectivity index (χ4v) is 2.24. The van der Waals surface area contributed by atoms with Crippen LogP contribution in [0.15, 0.2) is 60.7 Å². The Kier molecular flexibility index (Phi) is 5.73. The Morgan fingerprint density at radius 2 is 1.41 bits per heavy atom. The molecule has 0 bridgehead atoms. The third kappa shape index (κ3) is 4.43. The topological polar surface area (TPSA) is 43.4 Å². The number of ether oxygens (including phenoxy) is 1. The molecule has 1 unspecified atom stereocenters. The van der Waals surface area contributed by atoms with Gasteiger partial charge in [-0.1, -0.05) is 60.7 Å². The summed E-state index contributed by atoms with van der Waals surface area (Å²) in [7, 11) is 0. The molecule has 0 amide bonds. The van der Waals surface area contributed by atoms with E-state index in [0.29, 0.717) is 0 Å². The van der Waals surface area contributed by atoms with Gasteiger partial charge in [0.05, 0.1) is 6.42 Å². The van der Waals surface area contributed by atoms with Crippen LogP contribution in [-0.4, -0.2) is 17.3 Å². The number of hydrogen-bond acceptors (Lipinski definition) is 3. The van der Waals surface area contributed by atoms with Gasteiger partial charge in [0.2, 0.25) is 0 Å². The van der Waals surface area contributed by atoms with E-state index in [9.17, 15) is 9.59 Å². The fraction of sp³-hybridized carbons (Fsp3) is 0.167. The van der Waals surface area contributed by atoms with Gasteiger partial charge in [-0.2, -0.15) is 0 Å². The molecule has 0 aliphatic heterocycles. The summed E-state index contributed by atoms with van der Waals surface area (Å²) in [5.74, 6) is -1.99. The third-order valence-corrected chi connectivity index (χ3v) is 3.19. The lowest BCUT2D eigenvalue weighted by molar-refractivity contribution is -0.157. The van der Waals surface area contributed by atoms with Crippen LogP contribution in [0.2, 0.25) is 0 Å². The van der Waals surface area contributed by atoms with Gasteiger partial charge in [0.25, 0.3) is 0 Å². The molecule has 0 saturated carbocycles. The number of esters is 2. The van der Waals surface area contributed by atoms with Crippen molar-refractivity contribution < 1.29 is 14.3 Å². The maximum Gasteiger partial charge on any atom is 0.325 e. The molecule has 1 atom stereocenters. The maximum absolute atomic E-state index is 12.4. The summed E-state index contributed by atoms with van der Waals surface area (Å²) in [5, 5.41) is -0.493. The van der Waals surface area contributed by atoms with E-state index in [1.165, 1.54) is 0 Å². The summed E-state index contributed by atoms with van der Waals surface area (Å²) in [6, 6.07) is 18.4. The lowest BCUT2D eigenvalue weighted by Crippen LogP contribution is -2.22. The van der Waals surface area contributed by atoms with Crippen molar-refractivity contribution in [2.24, 2.45) is 0 Å². The highest BCUT2D eigenvalue weighted by molar-refractivity contribution is 6.23. The van der Waals surface area contributed by atoms with Crippen LogP contribution in [-0.2, 0) is 14.3 Å². The number of hydrogen-bond donors (Lipinski definition) is 0. The van der Waals surface area contributed by atoms with Crippen LogP contribution in [0, 0.1) is 6.42 Å². The predicted molar refractivity (Wildman–Crippen MR) is 85.4 cm³/mol. The molecule has 0 spiro atoms. The van der Waals surface area contributed by atoms with E-state index >= 15 is 0 Å². The van der Waals surface area contributed by atoms with Gasteiger partial charge < -0.3 is 4.74 Å². The molecule has 113 valence electrons. The van der Waals surface area contributed by atoms with Crippen LogP contribution in [0.1, 0.15) is 24.0 Å². The second-order valence-corrected chi connectivity index (χ2v) is 5.53. The number of halogens is 1. The lowest BCUT2D eigenvalue weighted by atomic mass is 9.91. The molecule has 0 N–H and O–H groups in total. The highest BCUT2D eigenvalue weighted by Crippen LogP contribution is 2.26. The van der Waals surface area contributed by atoms with Gasteiger partial charge in [-0.3, -0.25) is 9.59 Å². The van der Waals surface area contributed by atoms with Crippen LogP contribution < -0.4 is 0 Å². The van der Waals surface area contributed by atoms with Crippen LogP contribution >= 0.6 is 11.6 Å². The monoisotopic (exact) mass is 315 g/mol. The van der Waals surface area contributed by atoms with E-state index in [0.717, 1.165) is 17.5 Å². The minimum absolute atomic E-state index is 0.493. The minimum atomic E-state index is -0.732. The molecule has 0 fully saturated rings. The largest absolute Gasteiger partial charge is 0.392 e. The summed E-state index contributed by atoms with van der Waals surface area (Å²) >= 11 is 5.70. The summed E-state index contributed by atoms with van der Waals surface area (Å²) in [5.41, 5.74) is 1.54. The fourth-order valence-electron chi connectivity index (χ4n) is 2.14. The molecule has 22 heavy (non-hydrogen) atoms. The minimum Gasteiger partial charge on any atom is -0.392 e. The molecular formula is C18H16ClO3. The number of benzene rings is 2. The molecule has 0 heterocycles. The van der Waals surface area contributed by atoms with E-state index in [-0.39, 0.29) is 0 Å². The van der Waals surface area contributed by atoms with E-state index in [1.807, 2.05) is 60.7 Å². The number of carbonyl (C=O) groups is 2. The van der Waals surface area contributed by atoms with E-state index in [1.54, 1.807) is 6.92 Å². The second kappa shape index (κ2) is 7.76. The smallest absolute Gasteiger partial charge is 0.325 e. The molecule has 0 saturated heterocycles. The van der Waals surface area contributed by atoms with Crippen molar-refractivity contribution in [1.82, 2.24) is 0 Å². The second-order valence-electron chi connectivity index (χ2n) is 4.84. The molecule has 3 nitrogen and oxygen atoms in total. The highest BCUT2D eigenvalue weighted by Gasteiger charge is 2.26. The lowest BCUT2D eigenvalue weighted by Gasteiger charge is -2.16. The average Bonchev–Trinajstić information content (AvgIpc) is 2.48. The highest BCUT2D eigenvalue weighted by atomic mass is 35.5. The summed E-state index contributed by atoms with van der Waals surface area (Å²) in [6.07, 6.45) is 1.16. The first-order valence-electron chi connectivity index (χ1n) is 6.92. The Hall–Kier alpha value is -2.13. The molecule has 2 rings (SSSR count). The Bertz CT molecular complexity index is 584. The Morgan fingerprint density at radius 1 is 0.955 bits per heavy atom. The summed E-state index contributed by atoms with van der Waals surface area (Å²) < 4.78 is 4.91. The van der Waals surface area contributed by atoms with Crippen LogP contribution in [0.5, 0.6) is 0 Å². The van der Waals surface area contributed by atoms with Crippen LogP contribution in [0.4, 0.5) is 0 Å². The number of carbonyl (C=O) groups excluding carboxylic acids is 2. The molecule has 4 heteroatoms. The normalized spacial score (nSPS) is 12.0. The summed E-state index contributed by atoms with van der Waals surface area (Å²) in [4.78, 5) is 24.1. The zero-order valence-electron chi connectivity index (χ0n) is 12.1. The van der Waals surface area contributed by atoms with Crippen molar-refractivity contribution >= 4 is 23.5 Å². The number of rotatable bonds is 5. The first kappa shape index (κ1) is 16.2. The Labute approximate surface area is 134 Å². The third-order valence-electron chi connectivity index (χ3n) is 3.07. The van der Waals surface area contributed by atoms with Gasteiger partial charge >= 0.3 is 11.9 Å². The van der Waals surface area contributed by atoms with Gasteiger partial charge in [-0.05, 0) is 18.1 Å². The van der Waals surface area contributed by atoms with Gasteiger partial charge in [0.1, 0.15) is 5.92 Å². The predicted octanol–water partition coefficient (Wildman–Crippen LogP) is 3.72. The van der Waals surface area contributed by atoms with Crippen LogP contribution in [0.3, 0.4) is 0 Å². The summed E-state index contributed by atoms with van der Waals surface area (Å²) in [6.45, 7) is 1.62. The maximum atomic E-state index is 12.4. The average molecular weight is 316 g/mol. The van der Waals surface area contributed by atoms with Gasteiger partial charge in [0.15, 0.2) is 0 Å². The molecule has 0 aromatic heterocycles. The molecule has 2 aromatic rings. The van der Waals surface area contributed by atoms with Crippen molar-refractivity contribution in [1.29, 1.82) is 0 Å². The first-order chi connectivity index (χ1) is 10.6. The SMILES string of the molecule is CC(Cl)[CH]C(=O)OC(=O)C(c1ccccc1)c1ccccc1. The van der Waals surface area contributed by atoms with Gasteiger partial charge in [-0.15, -0.1) is 11.6 Å². The first-order valence-corrected chi connectivity index (χ1v) is 7.36. The van der Waals surface area contributed by atoms with Crippen molar-refractivity contribution in [3.8, 4) is 0 Å². The van der Waals surface area contributed by atoms with E-state index in [4.69, 9.17) is 16.3 Å². The van der Waals surface area contributed by atoms with Crippen molar-refractivity contribution in [3.63, 3.8) is 0 Å². The molecule has 1 radical (unpaired) electrons. The molecule has 0 aliphatic rings. The van der Waals surface area contributed by atoms with Gasteiger partial charge in [-0.25, -0.2) is 0 Å². The molecule has 0 aliphatic carbocycles.